The van der Waals surface area contributed by atoms with Gasteiger partial charge in [-0.1, -0.05) is 12.1 Å². The number of rotatable bonds is 0. The molecule has 1 aromatic rings. The van der Waals surface area contributed by atoms with Gasteiger partial charge >= 0.3 is 10.1 Å². The summed E-state index contributed by atoms with van der Waals surface area (Å²) >= 11 is 0. The van der Waals surface area contributed by atoms with E-state index in [2.05, 4.69) is 0 Å². The van der Waals surface area contributed by atoms with Crippen LogP contribution >= 0.6 is 0 Å². The summed E-state index contributed by atoms with van der Waals surface area (Å²) in [6.07, 6.45) is -0.987. The molecule has 1 atom stereocenters. The van der Waals surface area contributed by atoms with E-state index < -0.39 is 16.2 Å². The Hall–Kier alpha value is -1.07. The monoisotopic (exact) mass is 228 g/mol. The molecular formula is C10H12O4S. The molecule has 0 radical (unpaired) electrons. The summed E-state index contributed by atoms with van der Waals surface area (Å²) in [5.74, 6) is -0.0849. The molecule has 0 fully saturated rings. The molecule has 0 saturated heterocycles. The van der Waals surface area contributed by atoms with E-state index in [1.807, 2.05) is 13.0 Å². The number of hydrogen-bond acceptors (Lipinski definition) is 4. The van der Waals surface area contributed by atoms with Crippen LogP contribution in [0.15, 0.2) is 12.1 Å². The van der Waals surface area contributed by atoms with Gasteiger partial charge in [0.15, 0.2) is 5.75 Å². The SMILES string of the molecule is Cc1ccc(C)c2c1OS(=O)(=O)CC2O. The highest BCUT2D eigenvalue weighted by Crippen LogP contribution is 2.37. The van der Waals surface area contributed by atoms with Crippen LogP contribution in [0, 0.1) is 13.8 Å². The molecule has 0 amide bonds. The van der Waals surface area contributed by atoms with Crippen LogP contribution in [0.3, 0.4) is 0 Å². The Morgan fingerprint density at radius 1 is 1.33 bits per heavy atom. The number of benzene rings is 1. The van der Waals surface area contributed by atoms with Gasteiger partial charge in [0, 0.05) is 5.56 Å². The topological polar surface area (TPSA) is 63.6 Å². The second kappa shape index (κ2) is 3.21. The third kappa shape index (κ3) is 1.72. The summed E-state index contributed by atoms with van der Waals surface area (Å²) in [6, 6.07) is 3.63. The minimum Gasteiger partial charge on any atom is -0.387 e. The van der Waals surface area contributed by atoms with E-state index in [1.54, 1.807) is 13.0 Å². The van der Waals surface area contributed by atoms with Crippen molar-refractivity contribution in [2.24, 2.45) is 0 Å². The summed E-state index contributed by atoms with van der Waals surface area (Å²) in [5.41, 5.74) is 2.15. The van der Waals surface area contributed by atoms with E-state index in [4.69, 9.17) is 4.18 Å². The van der Waals surface area contributed by atoms with Gasteiger partial charge in [-0.05, 0) is 25.0 Å². The molecule has 1 aliphatic heterocycles. The van der Waals surface area contributed by atoms with Crippen molar-refractivity contribution in [3.63, 3.8) is 0 Å². The fraction of sp³-hybridized carbons (Fsp3) is 0.400. The van der Waals surface area contributed by atoms with Crippen LogP contribution in [-0.2, 0) is 10.1 Å². The molecule has 1 unspecified atom stereocenters. The number of hydrogen-bond donors (Lipinski definition) is 1. The van der Waals surface area contributed by atoms with E-state index in [0.29, 0.717) is 5.56 Å². The van der Waals surface area contributed by atoms with Crippen molar-refractivity contribution in [1.29, 1.82) is 0 Å². The van der Waals surface area contributed by atoms with Gasteiger partial charge in [-0.25, -0.2) is 0 Å². The Kier molecular flexibility index (Phi) is 2.24. The summed E-state index contributed by atoms with van der Waals surface area (Å²) in [5, 5.41) is 9.74. The maximum Gasteiger partial charge on any atom is 0.312 e. The average Bonchev–Trinajstić information content (AvgIpc) is 2.09. The predicted octanol–water partition coefficient (Wildman–Crippen LogP) is 1.06. The van der Waals surface area contributed by atoms with E-state index in [1.165, 1.54) is 0 Å². The van der Waals surface area contributed by atoms with Gasteiger partial charge in [0.1, 0.15) is 11.9 Å². The molecule has 0 aliphatic carbocycles. The quantitative estimate of drug-likeness (QED) is 0.674. The predicted molar refractivity (Wildman–Crippen MR) is 55.3 cm³/mol. The van der Waals surface area contributed by atoms with Crippen LogP contribution in [0.25, 0.3) is 0 Å². The third-order valence-electron chi connectivity index (χ3n) is 2.52. The standard InChI is InChI=1S/C10H12O4S/c1-6-3-4-7(2)10-9(6)8(11)5-15(12,13)14-10/h3-4,8,11H,5H2,1-2H3. The van der Waals surface area contributed by atoms with Gasteiger partial charge in [-0.15, -0.1) is 0 Å². The number of aryl methyl sites for hydroxylation is 2. The van der Waals surface area contributed by atoms with Gasteiger partial charge in [-0.2, -0.15) is 8.42 Å². The van der Waals surface area contributed by atoms with Crippen molar-refractivity contribution in [2.75, 3.05) is 5.75 Å². The van der Waals surface area contributed by atoms with Crippen LogP contribution in [0.5, 0.6) is 5.75 Å². The molecule has 5 heteroatoms. The van der Waals surface area contributed by atoms with Gasteiger partial charge in [0.25, 0.3) is 0 Å². The highest BCUT2D eigenvalue weighted by Gasteiger charge is 2.32. The molecular weight excluding hydrogens is 216 g/mol. The molecule has 1 aliphatic rings. The van der Waals surface area contributed by atoms with Crippen molar-refractivity contribution >= 4 is 10.1 Å². The normalized spacial score (nSPS) is 23.0. The minimum absolute atomic E-state index is 0.286. The van der Waals surface area contributed by atoms with Gasteiger partial charge in [0.2, 0.25) is 0 Å². The molecule has 2 rings (SSSR count). The molecule has 0 saturated carbocycles. The molecule has 1 heterocycles. The van der Waals surface area contributed by atoms with Crippen molar-refractivity contribution in [3.8, 4) is 5.75 Å². The number of fused-ring (bicyclic) bond motifs is 1. The van der Waals surface area contributed by atoms with Crippen LogP contribution < -0.4 is 4.18 Å². The van der Waals surface area contributed by atoms with Crippen LogP contribution in [-0.4, -0.2) is 19.3 Å². The lowest BCUT2D eigenvalue weighted by atomic mass is 10.00. The molecule has 15 heavy (non-hydrogen) atoms. The van der Waals surface area contributed by atoms with Gasteiger partial charge in [0.05, 0.1) is 0 Å². The first kappa shape index (κ1) is 10.4. The van der Waals surface area contributed by atoms with Crippen molar-refractivity contribution in [3.05, 3.63) is 28.8 Å². The molecule has 1 N–H and O–H groups in total. The highest BCUT2D eigenvalue weighted by molar-refractivity contribution is 7.87. The van der Waals surface area contributed by atoms with E-state index in [0.717, 1.165) is 11.1 Å². The van der Waals surface area contributed by atoms with Crippen molar-refractivity contribution in [2.45, 2.75) is 20.0 Å². The molecule has 0 bridgehead atoms. The summed E-state index contributed by atoms with van der Waals surface area (Å²) in [7, 11) is -3.63. The molecule has 1 aromatic carbocycles. The molecule has 82 valence electrons. The Labute approximate surface area is 88.6 Å². The van der Waals surface area contributed by atoms with Crippen LogP contribution in [0.4, 0.5) is 0 Å². The van der Waals surface area contributed by atoms with Gasteiger partial charge < -0.3 is 9.29 Å². The Bertz CT molecular complexity index is 504. The highest BCUT2D eigenvalue weighted by atomic mass is 32.2. The van der Waals surface area contributed by atoms with Crippen LogP contribution in [0.2, 0.25) is 0 Å². The molecule has 0 aromatic heterocycles. The molecule has 0 spiro atoms. The fourth-order valence-electron chi connectivity index (χ4n) is 1.77. The maximum absolute atomic E-state index is 11.3. The van der Waals surface area contributed by atoms with Crippen molar-refractivity contribution in [1.82, 2.24) is 0 Å². The number of aliphatic hydroxyl groups is 1. The Morgan fingerprint density at radius 2 is 1.93 bits per heavy atom. The zero-order valence-electron chi connectivity index (χ0n) is 8.52. The average molecular weight is 228 g/mol. The number of aliphatic hydroxyl groups excluding tert-OH is 1. The minimum atomic E-state index is -3.63. The second-order valence-corrected chi connectivity index (χ2v) is 5.38. The largest absolute Gasteiger partial charge is 0.387 e. The van der Waals surface area contributed by atoms with Crippen LogP contribution in [0.1, 0.15) is 22.8 Å². The lowest BCUT2D eigenvalue weighted by Gasteiger charge is -2.24. The fourth-order valence-corrected chi connectivity index (χ4v) is 2.87. The second-order valence-electron chi connectivity index (χ2n) is 3.77. The van der Waals surface area contributed by atoms with E-state index in [9.17, 15) is 13.5 Å². The lowest BCUT2D eigenvalue weighted by Crippen LogP contribution is -2.26. The maximum atomic E-state index is 11.3. The Morgan fingerprint density at radius 3 is 2.60 bits per heavy atom. The zero-order valence-corrected chi connectivity index (χ0v) is 9.34. The van der Waals surface area contributed by atoms with Crippen molar-refractivity contribution < 1.29 is 17.7 Å². The van der Waals surface area contributed by atoms with Gasteiger partial charge in [-0.3, -0.25) is 0 Å². The molecule has 4 nitrogen and oxygen atoms in total. The van der Waals surface area contributed by atoms with E-state index >= 15 is 0 Å². The summed E-state index contributed by atoms with van der Waals surface area (Å²) in [6.45, 7) is 3.58. The first-order valence-corrected chi connectivity index (χ1v) is 6.19. The first-order valence-electron chi connectivity index (χ1n) is 4.61. The van der Waals surface area contributed by atoms with E-state index in [-0.39, 0.29) is 11.5 Å². The smallest absolute Gasteiger partial charge is 0.312 e. The zero-order chi connectivity index (χ0) is 11.2. The Balaban J connectivity index is 2.69. The third-order valence-corrected chi connectivity index (χ3v) is 3.66. The first-order chi connectivity index (χ1) is 6.91. The summed E-state index contributed by atoms with van der Waals surface area (Å²) in [4.78, 5) is 0. The lowest BCUT2D eigenvalue weighted by molar-refractivity contribution is 0.189. The summed E-state index contributed by atoms with van der Waals surface area (Å²) < 4.78 is 27.5.